The van der Waals surface area contributed by atoms with Crippen LogP contribution >= 0.6 is 0 Å². The topological polar surface area (TPSA) is 127 Å². The van der Waals surface area contributed by atoms with Gasteiger partial charge in [0.1, 0.15) is 0 Å². The Kier molecular flexibility index (Phi) is 4.88. The lowest BCUT2D eigenvalue weighted by atomic mass is 9.94. The number of ether oxygens (including phenoxy) is 2. The minimum atomic E-state index is -0.813. The van der Waals surface area contributed by atoms with E-state index in [2.05, 4.69) is 25.7 Å². The number of rotatable bonds is 6. The number of nitrogen functional groups attached to an aromatic ring is 1. The second-order valence-electron chi connectivity index (χ2n) is 4.53. The molecule has 0 amide bonds. The fraction of sp³-hybridized carbons (Fsp3) is 0.727. The van der Waals surface area contributed by atoms with Crippen molar-refractivity contribution in [2.45, 2.75) is 25.4 Å². The molecule has 0 atom stereocenters. The Morgan fingerprint density at radius 1 is 1.30 bits per heavy atom. The molecule has 0 spiro atoms. The summed E-state index contributed by atoms with van der Waals surface area (Å²) in [6, 6.07) is 0.178. The third-order valence-electron chi connectivity index (χ3n) is 3.02. The van der Waals surface area contributed by atoms with Crippen LogP contribution in [0.2, 0.25) is 0 Å². The van der Waals surface area contributed by atoms with E-state index >= 15 is 0 Å². The Morgan fingerprint density at radius 2 is 2.00 bits per heavy atom. The van der Waals surface area contributed by atoms with Gasteiger partial charge in [0, 0.05) is 32.6 Å². The first kappa shape index (κ1) is 14.7. The van der Waals surface area contributed by atoms with Gasteiger partial charge in [-0.25, -0.2) is 5.84 Å². The maximum Gasteiger partial charge on any atom is 0.323 e. The summed E-state index contributed by atoms with van der Waals surface area (Å²) < 4.78 is 10.5. The largest absolute Gasteiger partial charge is 0.464 e. The molecule has 2 rings (SSSR count). The molecule has 0 radical (unpaired) electrons. The first-order chi connectivity index (χ1) is 9.65. The van der Waals surface area contributed by atoms with Crippen molar-refractivity contribution < 1.29 is 14.6 Å². The molecule has 9 nitrogen and oxygen atoms in total. The molecule has 1 aromatic heterocycles. The van der Waals surface area contributed by atoms with E-state index in [9.17, 15) is 5.11 Å². The summed E-state index contributed by atoms with van der Waals surface area (Å²) in [5.41, 5.74) is 1.54. The van der Waals surface area contributed by atoms with Crippen molar-refractivity contribution >= 4 is 11.9 Å². The SMILES string of the molecule is CCOc1nc(NN)nc(NCC2(O)CCOCC2)n1. The van der Waals surface area contributed by atoms with E-state index in [0.717, 1.165) is 0 Å². The standard InChI is InChI=1S/C11H20N6O3/c1-2-20-10-15-8(14-9(16-10)17-12)13-7-11(18)3-5-19-6-4-11/h18H,2-7,12H2,1H3,(H2,13,14,15,16,17). The molecule has 20 heavy (non-hydrogen) atoms. The third kappa shape index (κ3) is 3.89. The molecule has 0 bridgehead atoms. The highest BCUT2D eigenvalue weighted by atomic mass is 16.5. The zero-order valence-corrected chi connectivity index (χ0v) is 11.4. The second-order valence-corrected chi connectivity index (χ2v) is 4.53. The molecule has 0 aromatic carbocycles. The third-order valence-corrected chi connectivity index (χ3v) is 3.02. The number of nitrogens with zero attached hydrogens (tertiary/aromatic N) is 3. The molecule has 1 saturated heterocycles. The minimum absolute atomic E-state index is 0.178. The molecule has 1 aliphatic heterocycles. The van der Waals surface area contributed by atoms with E-state index in [1.54, 1.807) is 0 Å². The fourth-order valence-corrected chi connectivity index (χ4v) is 1.87. The van der Waals surface area contributed by atoms with E-state index in [-0.39, 0.29) is 12.0 Å². The van der Waals surface area contributed by atoms with Crippen LogP contribution in [0.25, 0.3) is 0 Å². The molecule has 0 aliphatic carbocycles. The summed E-state index contributed by atoms with van der Waals surface area (Å²) >= 11 is 0. The summed E-state index contributed by atoms with van der Waals surface area (Å²) in [4.78, 5) is 12.1. The highest BCUT2D eigenvalue weighted by molar-refractivity contribution is 5.35. The lowest BCUT2D eigenvalue weighted by Crippen LogP contribution is -2.42. The van der Waals surface area contributed by atoms with E-state index in [1.165, 1.54) is 0 Å². The number of aromatic nitrogens is 3. The van der Waals surface area contributed by atoms with Crippen LogP contribution in [0.3, 0.4) is 0 Å². The number of hydrogen-bond acceptors (Lipinski definition) is 9. The van der Waals surface area contributed by atoms with Gasteiger partial charge in [-0.2, -0.15) is 15.0 Å². The first-order valence-electron chi connectivity index (χ1n) is 6.55. The van der Waals surface area contributed by atoms with Crippen molar-refractivity contribution in [3.63, 3.8) is 0 Å². The van der Waals surface area contributed by atoms with E-state index in [1.807, 2.05) is 6.92 Å². The number of aliphatic hydroxyl groups is 1. The Bertz CT molecular complexity index is 438. The average Bonchev–Trinajstić information content (AvgIpc) is 2.46. The normalized spacial score (nSPS) is 17.6. The van der Waals surface area contributed by atoms with E-state index < -0.39 is 5.60 Å². The maximum absolute atomic E-state index is 10.3. The maximum atomic E-state index is 10.3. The van der Waals surface area contributed by atoms with Crippen LogP contribution < -0.4 is 21.3 Å². The molecule has 0 saturated carbocycles. The Morgan fingerprint density at radius 3 is 2.65 bits per heavy atom. The van der Waals surface area contributed by atoms with Crippen molar-refractivity contribution in [2.75, 3.05) is 37.1 Å². The van der Waals surface area contributed by atoms with Gasteiger partial charge in [-0.05, 0) is 6.92 Å². The smallest absolute Gasteiger partial charge is 0.323 e. The lowest BCUT2D eigenvalue weighted by Gasteiger charge is -2.32. The molecular weight excluding hydrogens is 264 g/mol. The Labute approximate surface area is 116 Å². The molecular formula is C11H20N6O3. The van der Waals surface area contributed by atoms with Gasteiger partial charge in [0.05, 0.1) is 12.2 Å². The van der Waals surface area contributed by atoms with Crippen LogP contribution in [-0.4, -0.2) is 52.0 Å². The highest BCUT2D eigenvalue weighted by Crippen LogP contribution is 2.21. The van der Waals surface area contributed by atoms with Crippen molar-refractivity contribution in [3.8, 4) is 6.01 Å². The van der Waals surface area contributed by atoms with E-state index in [0.29, 0.717) is 45.2 Å². The number of hydrazine groups is 1. The lowest BCUT2D eigenvalue weighted by molar-refractivity contribution is -0.0544. The van der Waals surface area contributed by atoms with Crippen molar-refractivity contribution in [3.05, 3.63) is 0 Å². The van der Waals surface area contributed by atoms with Gasteiger partial charge in [0.15, 0.2) is 0 Å². The quantitative estimate of drug-likeness (QED) is 0.404. The summed E-state index contributed by atoms with van der Waals surface area (Å²) in [5.74, 6) is 5.80. The molecule has 112 valence electrons. The zero-order chi connectivity index (χ0) is 14.4. The predicted octanol–water partition coefficient (Wildman–Crippen LogP) is -0.491. The highest BCUT2D eigenvalue weighted by Gasteiger charge is 2.29. The first-order valence-corrected chi connectivity index (χ1v) is 6.55. The fourth-order valence-electron chi connectivity index (χ4n) is 1.87. The summed E-state index contributed by atoms with van der Waals surface area (Å²) in [5, 5.41) is 13.3. The molecule has 0 unspecified atom stereocenters. The molecule has 1 fully saturated rings. The summed E-state index contributed by atoms with van der Waals surface area (Å²) in [6.45, 7) is 3.70. The zero-order valence-electron chi connectivity index (χ0n) is 11.4. The van der Waals surface area contributed by atoms with E-state index in [4.69, 9.17) is 15.3 Å². The number of anilines is 2. The van der Waals surface area contributed by atoms with Gasteiger partial charge in [-0.15, -0.1) is 0 Å². The molecule has 9 heteroatoms. The average molecular weight is 284 g/mol. The van der Waals surface area contributed by atoms with Crippen LogP contribution in [0.15, 0.2) is 0 Å². The molecule has 2 heterocycles. The van der Waals surface area contributed by atoms with Gasteiger partial charge in [0.2, 0.25) is 11.9 Å². The van der Waals surface area contributed by atoms with Crippen molar-refractivity contribution in [1.82, 2.24) is 15.0 Å². The van der Waals surface area contributed by atoms with Gasteiger partial charge in [-0.3, -0.25) is 5.43 Å². The van der Waals surface area contributed by atoms with Gasteiger partial charge in [0.25, 0.3) is 0 Å². The van der Waals surface area contributed by atoms with Crippen LogP contribution in [0.5, 0.6) is 6.01 Å². The number of nitrogens with two attached hydrogens (primary N) is 1. The summed E-state index contributed by atoms with van der Waals surface area (Å²) in [7, 11) is 0. The van der Waals surface area contributed by atoms with Crippen LogP contribution in [0.1, 0.15) is 19.8 Å². The van der Waals surface area contributed by atoms with Gasteiger partial charge >= 0.3 is 6.01 Å². The number of hydrogen-bond donors (Lipinski definition) is 4. The summed E-state index contributed by atoms with van der Waals surface area (Å²) in [6.07, 6.45) is 1.15. The second kappa shape index (κ2) is 6.64. The molecule has 1 aromatic rings. The Hall–Kier alpha value is -1.71. The van der Waals surface area contributed by atoms with Crippen LogP contribution in [0, 0.1) is 0 Å². The van der Waals surface area contributed by atoms with Gasteiger partial charge in [-0.1, -0.05) is 0 Å². The van der Waals surface area contributed by atoms with Crippen molar-refractivity contribution in [1.29, 1.82) is 0 Å². The van der Waals surface area contributed by atoms with Crippen LogP contribution in [-0.2, 0) is 4.74 Å². The van der Waals surface area contributed by atoms with Gasteiger partial charge < -0.3 is 19.9 Å². The monoisotopic (exact) mass is 284 g/mol. The Balaban J connectivity index is 2.02. The minimum Gasteiger partial charge on any atom is -0.464 e. The van der Waals surface area contributed by atoms with Crippen molar-refractivity contribution in [2.24, 2.45) is 5.84 Å². The number of nitrogens with one attached hydrogen (secondary N) is 2. The molecule has 1 aliphatic rings. The predicted molar refractivity (Wildman–Crippen MR) is 72.3 cm³/mol. The molecule has 5 N–H and O–H groups in total. The van der Waals surface area contributed by atoms with Crippen LogP contribution in [0.4, 0.5) is 11.9 Å².